The highest BCUT2D eigenvalue weighted by molar-refractivity contribution is 6.42. The fourth-order valence-electron chi connectivity index (χ4n) is 2.04. The number of amidine groups is 1. The molecule has 21 heavy (non-hydrogen) atoms. The molecular weight excluding hydrogens is 337 g/mol. The van der Waals surface area contributed by atoms with Crippen molar-refractivity contribution in [2.45, 2.75) is 26.7 Å². The molecule has 0 unspecified atom stereocenters. The maximum absolute atomic E-state index is 12.6. The molecule has 0 atom stereocenters. The van der Waals surface area contributed by atoms with E-state index in [4.69, 9.17) is 45.7 Å². The van der Waals surface area contributed by atoms with Gasteiger partial charge in [0.2, 0.25) is 5.91 Å². The first-order valence-corrected chi connectivity index (χ1v) is 7.39. The predicted molar refractivity (Wildman–Crippen MR) is 86.5 cm³/mol. The van der Waals surface area contributed by atoms with E-state index < -0.39 is 11.3 Å². The van der Waals surface area contributed by atoms with Gasteiger partial charge in [-0.05, 0) is 25.0 Å². The van der Waals surface area contributed by atoms with Gasteiger partial charge in [-0.2, -0.15) is 0 Å². The maximum Gasteiger partial charge on any atom is 0.238 e. The number of oxime groups is 1. The lowest BCUT2D eigenvalue weighted by Crippen LogP contribution is -2.46. The average Bonchev–Trinajstić information content (AvgIpc) is 2.44. The Kier molecular flexibility index (Phi) is 6.13. The number of carbonyl (C=O) groups excluding carboxylic acids is 1. The third-order valence-electron chi connectivity index (χ3n) is 3.49. The first-order valence-electron chi connectivity index (χ1n) is 6.26. The van der Waals surface area contributed by atoms with Crippen LogP contribution < -0.4 is 11.1 Å². The van der Waals surface area contributed by atoms with Gasteiger partial charge < -0.3 is 16.3 Å². The van der Waals surface area contributed by atoms with Gasteiger partial charge in [0.15, 0.2) is 5.84 Å². The molecule has 0 fully saturated rings. The molecule has 0 radical (unpaired) electrons. The highest BCUT2D eigenvalue weighted by atomic mass is 35.5. The van der Waals surface area contributed by atoms with E-state index in [0.29, 0.717) is 17.9 Å². The van der Waals surface area contributed by atoms with Crippen LogP contribution in [0.15, 0.2) is 17.3 Å². The number of benzene rings is 1. The minimum atomic E-state index is -1.14. The summed E-state index contributed by atoms with van der Waals surface area (Å²) >= 11 is 17.9. The van der Waals surface area contributed by atoms with Crippen LogP contribution in [0, 0.1) is 5.41 Å². The number of anilines is 1. The quantitative estimate of drug-likeness (QED) is 0.322. The van der Waals surface area contributed by atoms with Gasteiger partial charge in [0.05, 0.1) is 15.7 Å². The number of hydrogen-bond donors (Lipinski definition) is 3. The van der Waals surface area contributed by atoms with E-state index >= 15 is 0 Å². The highest BCUT2D eigenvalue weighted by Crippen LogP contribution is 2.36. The number of amides is 1. The summed E-state index contributed by atoms with van der Waals surface area (Å²) in [7, 11) is 0. The summed E-state index contributed by atoms with van der Waals surface area (Å²) in [6, 6.07) is 2.93. The van der Waals surface area contributed by atoms with Crippen molar-refractivity contribution < 1.29 is 10.0 Å². The number of carbonyl (C=O) groups is 1. The second-order valence-electron chi connectivity index (χ2n) is 4.47. The van der Waals surface area contributed by atoms with E-state index in [2.05, 4.69) is 10.5 Å². The molecular formula is C13H16Cl3N3O2. The lowest BCUT2D eigenvalue weighted by molar-refractivity contribution is -0.122. The van der Waals surface area contributed by atoms with Crippen LogP contribution in [-0.4, -0.2) is 17.0 Å². The fraction of sp³-hybridized carbons (Fsp3) is 0.385. The smallest absolute Gasteiger partial charge is 0.238 e. The molecule has 5 nitrogen and oxygen atoms in total. The summed E-state index contributed by atoms with van der Waals surface area (Å²) in [4.78, 5) is 12.6. The normalized spacial score (nSPS) is 12.3. The Morgan fingerprint density at radius 3 is 2.14 bits per heavy atom. The van der Waals surface area contributed by atoms with E-state index in [0.717, 1.165) is 0 Å². The number of nitrogens with one attached hydrogen (secondary N) is 1. The number of rotatable bonds is 5. The monoisotopic (exact) mass is 351 g/mol. The van der Waals surface area contributed by atoms with Crippen molar-refractivity contribution in [3.63, 3.8) is 0 Å². The fourth-order valence-corrected chi connectivity index (χ4v) is 2.95. The third kappa shape index (κ3) is 3.54. The second-order valence-corrected chi connectivity index (χ2v) is 5.72. The summed E-state index contributed by atoms with van der Waals surface area (Å²) in [6.07, 6.45) is 0.710. The molecule has 0 aliphatic carbocycles. The van der Waals surface area contributed by atoms with Gasteiger partial charge >= 0.3 is 0 Å². The Hall–Kier alpha value is -1.17. The number of halogens is 3. The van der Waals surface area contributed by atoms with E-state index in [1.54, 1.807) is 13.8 Å². The maximum atomic E-state index is 12.6. The lowest BCUT2D eigenvalue weighted by atomic mass is 9.80. The summed E-state index contributed by atoms with van der Waals surface area (Å²) in [5.74, 6) is -0.611. The molecule has 0 bridgehead atoms. The minimum Gasteiger partial charge on any atom is -0.409 e. The number of nitrogens with zero attached hydrogens (tertiary/aromatic N) is 1. The number of nitrogens with two attached hydrogens (primary N) is 1. The van der Waals surface area contributed by atoms with Gasteiger partial charge in [0.1, 0.15) is 5.41 Å². The summed E-state index contributed by atoms with van der Waals surface area (Å²) < 4.78 is 0. The zero-order chi connectivity index (χ0) is 16.2. The van der Waals surface area contributed by atoms with Crippen molar-refractivity contribution in [3.05, 3.63) is 27.2 Å². The Labute approximate surface area is 138 Å². The van der Waals surface area contributed by atoms with Crippen molar-refractivity contribution in [2.24, 2.45) is 16.3 Å². The molecule has 1 rings (SSSR count). The highest BCUT2D eigenvalue weighted by Gasteiger charge is 2.40. The first-order chi connectivity index (χ1) is 9.82. The third-order valence-corrected chi connectivity index (χ3v) is 4.30. The van der Waals surface area contributed by atoms with Crippen LogP contribution >= 0.6 is 34.8 Å². The molecule has 116 valence electrons. The van der Waals surface area contributed by atoms with Crippen molar-refractivity contribution >= 4 is 52.2 Å². The Bertz CT molecular complexity index is 549. The summed E-state index contributed by atoms with van der Waals surface area (Å²) in [5.41, 5.74) is 4.78. The van der Waals surface area contributed by atoms with Gasteiger partial charge in [0, 0.05) is 5.02 Å². The molecule has 0 heterocycles. The molecule has 1 aromatic carbocycles. The van der Waals surface area contributed by atoms with Crippen molar-refractivity contribution in [1.82, 2.24) is 0 Å². The molecule has 4 N–H and O–H groups in total. The molecule has 8 heteroatoms. The second kappa shape index (κ2) is 7.20. The van der Waals surface area contributed by atoms with E-state index in [9.17, 15) is 4.79 Å². The average molecular weight is 353 g/mol. The molecule has 0 aromatic heterocycles. The molecule has 0 aliphatic rings. The van der Waals surface area contributed by atoms with Crippen molar-refractivity contribution in [2.75, 3.05) is 5.32 Å². The largest absolute Gasteiger partial charge is 0.409 e. The van der Waals surface area contributed by atoms with Crippen LogP contribution in [0.5, 0.6) is 0 Å². The van der Waals surface area contributed by atoms with E-state index in [-0.39, 0.29) is 21.6 Å². The summed E-state index contributed by atoms with van der Waals surface area (Å²) in [5, 5.41) is 15.3. The van der Waals surface area contributed by atoms with Gasteiger partial charge in [-0.3, -0.25) is 4.79 Å². The van der Waals surface area contributed by atoms with Crippen molar-refractivity contribution in [1.29, 1.82) is 0 Å². The molecule has 1 aromatic rings. The van der Waals surface area contributed by atoms with Gasteiger partial charge in [-0.1, -0.05) is 53.8 Å². The topological polar surface area (TPSA) is 87.7 Å². The van der Waals surface area contributed by atoms with Crippen LogP contribution in [-0.2, 0) is 4.79 Å². The van der Waals surface area contributed by atoms with Crippen LogP contribution in [0.25, 0.3) is 0 Å². The number of hydrogen-bond acceptors (Lipinski definition) is 3. The van der Waals surface area contributed by atoms with Gasteiger partial charge in [0.25, 0.3) is 0 Å². The SMILES string of the molecule is CCC(CC)(C(=O)Nc1c(Cl)cc(Cl)cc1Cl)C(N)=NO. The van der Waals surface area contributed by atoms with Gasteiger partial charge in [-0.25, -0.2) is 0 Å². The molecule has 0 saturated heterocycles. The summed E-state index contributed by atoms with van der Waals surface area (Å²) in [6.45, 7) is 3.54. The Morgan fingerprint density at radius 1 is 1.29 bits per heavy atom. The van der Waals surface area contributed by atoms with E-state index in [1.165, 1.54) is 12.1 Å². The predicted octanol–water partition coefficient (Wildman–Crippen LogP) is 4.14. The van der Waals surface area contributed by atoms with Crippen LogP contribution in [0.1, 0.15) is 26.7 Å². The van der Waals surface area contributed by atoms with E-state index in [1.807, 2.05) is 0 Å². The lowest BCUT2D eigenvalue weighted by Gasteiger charge is -2.29. The molecule has 1 amide bonds. The molecule has 0 spiro atoms. The Balaban J connectivity index is 3.21. The van der Waals surface area contributed by atoms with Gasteiger partial charge in [-0.15, -0.1) is 0 Å². The zero-order valence-corrected chi connectivity index (χ0v) is 13.9. The van der Waals surface area contributed by atoms with Crippen LogP contribution in [0.4, 0.5) is 5.69 Å². The first kappa shape index (κ1) is 17.9. The molecule has 0 saturated carbocycles. The standard InChI is InChI=1S/C13H16Cl3N3O2/c1-3-13(4-2,11(17)19-21)12(20)18-10-8(15)5-7(14)6-9(10)16/h5-6,21H,3-4H2,1-2H3,(H2,17,19)(H,18,20). The van der Waals surface area contributed by atoms with Crippen molar-refractivity contribution in [3.8, 4) is 0 Å². The minimum absolute atomic E-state index is 0.161. The molecule has 0 aliphatic heterocycles. The van der Waals surface area contributed by atoms with Crippen LogP contribution in [0.2, 0.25) is 15.1 Å². The zero-order valence-electron chi connectivity index (χ0n) is 11.6. The Morgan fingerprint density at radius 2 is 1.76 bits per heavy atom. The van der Waals surface area contributed by atoms with Crippen LogP contribution in [0.3, 0.4) is 0 Å².